The van der Waals surface area contributed by atoms with E-state index < -0.39 is 0 Å². The standard InChI is InChI=1S/C16H31NO/c1-12-9-13(2)16(15(10-12)17-3)18-11-14-7-5-4-6-8-14/h12-17H,4-11H2,1-3H3. The lowest BCUT2D eigenvalue weighted by Gasteiger charge is -2.40. The first kappa shape index (κ1) is 14.3. The predicted molar refractivity (Wildman–Crippen MR) is 76.7 cm³/mol. The number of hydrogen-bond acceptors (Lipinski definition) is 2. The molecular weight excluding hydrogens is 222 g/mol. The van der Waals surface area contributed by atoms with E-state index in [0.29, 0.717) is 18.1 Å². The third kappa shape index (κ3) is 3.71. The van der Waals surface area contributed by atoms with E-state index in [1.165, 1.54) is 44.9 Å². The van der Waals surface area contributed by atoms with Crippen LogP contribution in [0.15, 0.2) is 0 Å². The van der Waals surface area contributed by atoms with Crippen molar-refractivity contribution in [1.29, 1.82) is 0 Å². The summed E-state index contributed by atoms with van der Waals surface area (Å²) in [6.07, 6.45) is 10.1. The Morgan fingerprint density at radius 1 is 1.06 bits per heavy atom. The van der Waals surface area contributed by atoms with Crippen LogP contribution in [0.5, 0.6) is 0 Å². The minimum Gasteiger partial charge on any atom is -0.376 e. The fourth-order valence-corrected chi connectivity index (χ4v) is 3.99. The van der Waals surface area contributed by atoms with Gasteiger partial charge in [0.15, 0.2) is 0 Å². The highest BCUT2D eigenvalue weighted by atomic mass is 16.5. The third-order valence-electron chi connectivity index (χ3n) is 5.01. The van der Waals surface area contributed by atoms with Gasteiger partial charge in [0.25, 0.3) is 0 Å². The van der Waals surface area contributed by atoms with Crippen molar-refractivity contribution in [1.82, 2.24) is 5.32 Å². The van der Waals surface area contributed by atoms with Gasteiger partial charge in [-0.25, -0.2) is 0 Å². The van der Waals surface area contributed by atoms with Crippen LogP contribution in [0, 0.1) is 17.8 Å². The molecule has 4 atom stereocenters. The molecule has 0 aromatic heterocycles. The van der Waals surface area contributed by atoms with E-state index in [2.05, 4.69) is 26.2 Å². The van der Waals surface area contributed by atoms with Crippen molar-refractivity contribution >= 4 is 0 Å². The zero-order chi connectivity index (χ0) is 13.0. The van der Waals surface area contributed by atoms with Crippen molar-refractivity contribution in [2.45, 2.75) is 70.9 Å². The number of ether oxygens (including phenoxy) is 1. The molecule has 0 radical (unpaired) electrons. The molecule has 106 valence electrons. The molecule has 2 nitrogen and oxygen atoms in total. The van der Waals surface area contributed by atoms with Gasteiger partial charge in [0.2, 0.25) is 0 Å². The Morgan fingerprint density at radius 3 is 2.44 bits per heavy atom. The first-order valence-electron chi connectivity index (χ1n) is 7.99. The van der Waals surface area contributed by atoms with Crippen LogP contribution in [0.2, 0.25) is 0 Å². The summed E-state index contributed by atoms with van der Waals surface area (Å²) in [6.45, 7) is 5.74. The molecule has 2 aliphatic rings. The minimum atomic E-state index is 0.438. The summed E-state index contributed by atoms with van der Waals surface area (Å²) in [6, 6.07) is 0.562. The summed E-state index contributed by atoms with van der Waals surface area (Å²) in [4.78, 5) is 0. The highest BCUT2D eigenvalue weighted by Crippen LogP contribution is 2.32. The van der Waals surface area contributed by atoms with Gasteiger partial charge in [-0.1, -0.05) is 33.1 Å². The average molecular weight is 253 g/mol. The molecule has 0 heterocycles. The number of likely N-dealkylation sites (N-methyl/N-ethyl adjacent to an activating group) is 1. The fourth-order valence-electron chi connectivity index (χ4n) is 3.99. The van der Waals surface area contributed by atoms with E-state index in [0.717, 1.165) is 18.4 Å². The van der Waals surface area contributed by atoms with Gasteiger partial charge in [-0.05, 0) is 50.5 Å². The Morgan fingerprint density at radius 2 is 1.78 bits per heavy atom. The molecule has 0 saturated heterocycles. The quantitative estimate of drug-likeness (QED) is 0.826. The fraction of sp³-hybridized carbons (Fsp3) is 1.00. The molecule has 2 aliphatic carbocycles. The van der Waals surface area contributed by atoms with E-state index in [-0.39, 0.29) is 0 Å². The van der Waals surface area contributed by atoms with Crippen molar-refractivity contribution in [2.75, 3.05) is 13.7 Å². The molecular formula is C16H31NO. The van der Waals surface area contributed by atoms with Crippen LogP contribution in [0.4, 0.5) is 0 Å². The van der Waals surface area contributed by atoms with Crippen molar-refractivity contribution < 1.29 is 4.74 Å². The second-order valence-corrected chi connectivity index (χ2v) is 6.75. The zero-order valence-electron chi connectivity index (χ0n) is 12.5. The molecule has 18 heavy (non-hydrogen) atoms. The lowest BCUT2D eigenvalue weighted by Crippen LogP contribution is -2.48. The SMILES string of the molecule is CNC1CC(C)CC(C)C1OCC1CCCCC1. The highest BCUT2D eigenvalue weighted by Gasteiger charge is 2.34. The number of hydrogen-bond donors (Lipinski definition) is 1. The third-order valence-corrected chi connectivity index (χ3v) is 5.01. The minimum absolute atomic E-state index is 0.438. The van der Waals surface area contributed by atoms with Crippen molar-refractivity contribution in [2.24, 2.45) is 17.8 Å². The summed E-state index contributed by atoms with van der Waals surface area (Å²) in [5.41, 5.74) is 0. The second-order valence-electron chi connectivity index (χ2n) is 6.75. The zero-order valence-corrected chi connectivity index (χ0v) is 12.5. The summed E-state index contributed by atoms with van der Waals surface area (Å²) in [5, 5.41) is 3.48. The van der Waals surface area contributed by atoms with Gasteiger partial charge in [-0.3, -0.25) is 0 Å². The molecule has 0 aromatic carbocycles. The van der Waals surface area contributed by atoms with Crippen LogP contribution in [0.25, 0.3) is 0 Å². The smallest absolute Gasteiger partial charge is 0.0753 e. The Hall–Kier alpha value is -0.0800. The Bertz CT molecular complexity index is 237. The van der Waals surface area contributed by atoms with Crippen LogP contribution in [0.1, 0.15) is 58.8 Å². The average Bonchev–Trinajstić information content (AvgIpc) is 2.38. The topological polar surface area (TPSA) is 21.3 Å². The first-order valence-corrected chi connectivity index (χ1v) is 7.99. The van der Waals surface area contributed by atoms with Gasteiger partial charge in [0.05, 0.1) is 6.10 Å². The van der Waals surface area contributed by atoms with Crippen LogP contribution in [-0.2, 0) is 4.74 Å². The van der Waals surface area contributed by atoms with Crippen LogP contribution < -0.4 is 5.32 Å². The van der Waals surface area contributed by atoms with E-state index >= 15 is 0 Å². The largest absolute Gasteiger partial charge is 0.376 e. The molecule has 0 bridgehead atoms. The maximum Gasteiger partial charge on any atom is 0.0753 e. The molecule has 0 aromatic rings. The molecule has 2 heteroatoms. The van der Waals surface area contributed by atoms with Gasteiger partial charge in [0.1, 0.15) is 0 Å². The molecule has 1 N–H and O–H groups in total. The Balaban J connectivity index is 1.81. The molecule has 4 unspecified atom stereocenters. The van der Waals surface area contributed by atoms with E-state index in [9.17, 15) is 0 Å². The normalized spacial score (nSPS) is 38.8. The van der Waals surface area contributed by atoms with Crippen molar-refractivity contribution in [3.8, 4) is 0 Å². The van der Waals surface area contributed by atoms with E-state index in [1.54, 1.807) is 0 Å². The van der Waals surface area contributed by atoms with Crippen molar-refractivity contribution in [3.63, 3.8) is 0 Å². The number of rotatable bonds is 4. The monoisotopic (exact) mass is 253 g/mol. The van der Waals surface area contributed by atoms with Gasteiger partial charge in [0, 0.05) is 12.6 Å². The van der Waals surface area contributed by atoms with Crippen molar-refractivity contribution in [3.05, 3.63) is 0 Å². The summed E-state index contributed by atoms with van der Waals surface area (Å²) in [7, 11) is 2.09. The van der Waals surface area contributed by atoms with Crippen LogP contribution in [0.3, 0.4) is 0 Å². The highest BCUT2D eigenvalue weighted by molar-refractivity contribution is 4.88. The first-order chi connectivity index (χ1) is 8.70. The molecule has 2 rings (SSSR count). The van der Waals surface area contributed by atoms with Gasteiger partial charge >= 0.3 is 0 Å². The maximum atomic E-state index is 6.32. The summed E-state index contributed by atoms with van der Waals surface area (Å²) >= 11 is 0. The predicted octanol–water partition coefficient (Wildman–Crippen LogP) is 3.61. The molecule has 2 fully saturated rings. The molecule has 0 aliphatic heterocycles. The van der Waals surface area contributed by atoms with Gasteiger partial charge in [-0.15, -0.1) is 0 Å². The summed E-state index contributed by atoms with van der Waals surface area (Å²) < 4.78 is 6.32. The number of nitrogens with one attached hydrogen (secondary N) is 1. The maximum absolute atomic E-state index is 6.32. The molecule has 0 amide bonds. The second kappa shape index (κ2) is 6.91. The lowest BCUT2D eigenvalue weighted by atomic mass is 9.78. The van der Waals surface area contributed by atoms with Crippen LogP contribution in [-0.4, -0.2) is 25.8 Å². The van der Waals surface area contributed by atoms with E-state index in [1.807, 2.05) is 0 Å². The van der Waals surface area contributed by atoms with Gasteiger partial charge < -0.3 is 10.1 Å². The Kier molecular flexibility index (Phi) is 5.50. The van der Waals surface area contributed by atoms with Gasteiger partial charge in [-0.2, -0.15) is 0 Å². The van der Waals surface area contributed by atoms with Crippen LogP contribution >= 0.6 is 0 Å². The Labute approximate surface area is 113 Å². The molecule has 0 spiro atoms. The van der Waals surface area contributed by atoms with E-state index in [4.69, 9.17) is 4.74 Å². The lowest BCUT2D eigenvalue weighted by molar-refractivity contribution is -0.0531. The molecule has 2 saturated carbocycles. The summed E-state index contributed by atoms with van der Waals surface area (Å²) in [5.74, 6) is 2.38.